The number of rotatable bonds is 6. The van der Waals surface area contributed by atoms with Crippen molar-refractivity contribution in [3.63, 3.8) is 0 Å². The van der Waals surface area contributed by atoms with Crippen molar-refractivity contribution in [3.05, 3.63) is 90.3 Å². The SMILES string of the molecule is Cc1csc(=O)n1CC(=O)N(Cc1ccccc1)c1nc(-c2ccc(Cl)cc2Cl)cs1. The van der Waals surface area contributed by atoms with Crippen LogP contribution in [0.1, 0.15) is 11.3 Å². The van der Waals surface area contributed by atoms with Gasteiger partial charge >= 0.3 is 4.87 Å². The second kappa shape index (κ2) is 9.36. The molecule has 0 aliphatic rings. The van der Waals surface area contributed by atoms with E-state index in [1.807, 2.05) is 42.6 Å². The number of aryl methyl sites for hydroxylation is 1. The molecular formula is C22H17Cl2N3O2S2. The number of carbonyl (C=O) groups excluding carboxylic acids is 1. The van der Waals surface area contributed by atoms with Crippen LogP contribution in [0.25, 0.3) is 11.3 Å². The third kappa shape index (κ3) is 4.91. The van der Waals surface area contributed by atoms with Gasteiger partial charge in [-0.1, -0.05) is 64.9 Å². The summed E-state index contributed by atoms with van der Waals surface area (Å²) in [5, 5.41) is 5.18. The highest BCUT2D eigenvalue weighted by Crippen LogP contribution is 2.34. The lowest BCUT2D eigenvalue weighted by Gasteiger charge is -2.20. The zero-order chi connectivity index (χ0) is 22.0. The van der Waals surface area contributed by atoms with Crippen molar-refractivity contribution >= 4 is 56.9 Å². The Balaban J connectivity index is 1.68. The van der Waals surface area contributed by atoms with Crippen LogP contribution in [0.4, 0.5) is 5.13 Å². The average Bonchev–Trinajstić information content (AvgIpc) is 3.35. The molecule has 0 fully saturated rings. The predicted octanol–water partition coefficient (Wildman–Crippen LogP) is 5.88. The van der Waals surface area contributed by atoms with E-state index in [9.17, 15) is 9.59 Å². The third-order valence-electron chi connectivity index (χ3n) is 4.68. The van der Waals surface area contributed by atoms with Crippen molar-refractivity contribution in [2.75, 3.05) is 4.90 Å². The standard InChI is InChI=1S/C22H17Cl2N3O2S2/c1-14-12-31-22(29)26(14)11-20(28)27(10-15-5-3-2-4-6-15)21-25-19(13-30-21)17-8-7-16(23)9-18(17)24/h2-9,12-13H,10-11H2,1H3. The van der Waals surface area contributed by atoms with Gasteiger partial charge in [0.05, 0.1) is 17.3 Å². The van der Waals surface area contributed by atoms with Crippen molar-refractivity contribution in [2.24, 2.45) is 0 Å². The largest absolute Gasteiger partial charge is 0.307 e. The van der Waals surface area contributed by atoms with E-state index in [4.69, 9.17) is 23.2 Å². The van der Waals surface area contributed by atoms with Crippen LogP contribution in [-0.4, -0.2) is 15.5 Å². The number of hydrogen-bond donors (Lipinski definition) is 0. The van der Waals surface area contributed by atoms with Gasteiger partial charge in [0.25, 0.3) is 0 Å². The summed E-state index contributed by atoms with van der Waals surface area (Å²) in [5.41, 5.74) is 3.13. The Labute approximate surface area is 197 Å². The van der Waals surface area contributed by atoms with Crippen molar-refractivity contribution in [3.8, 4) is 11.3 Å². The van der Waals surface area contributed by atoms with Gasteiger partial charge in [0.1, 0.15) is 6.54 Å². The monoisotopic (exact) mass is 489 g/mol. The lowest BCUT2D eigenvalue weighted by Crippen LogP contribution is -2.35. The second-order valence-electron chi connectivity index (χ2n) is 6.83. The predicted molar refractivity (Wildman–Crippen MR) is 129 cm³/mol. The molecular weight excluding hydrogens is 473 g/mol. The van der Waals surface area contributed by atoms with Crippen LogP contribution in [0.2, 0.25) is 10.0 Å². The smallest absolute Gasteiger partial charge is 0.294 e. The summed E-state index contributed by atoms with van der Waals surface area (Å²) in [6.07, 6.45) is 0. The van der Waals surface area contributed by atoms with Crippen molar-refractivity contribution in [1.82, 2.24) is 9.55 Å². The minimum Gasteiger partial charge on any atom is -0.294 e. The molecule has 9 heteroatoms. The lowest BCUT2D eigenvalue weighted by atomic mass is 10.2. The van der Waals surface area contributed by atoms with Crippen LogP contribution < -0.4 is 9.77 Å². The highest BCUT2D eigenvalue weighted by molar-refractivity contribution is 7.14. The maximum Gasteiger partial charge on any atom is 0.307 e. The van der Waals surface area contributed by atoms with E-state index in [2.05, 4.69) is 4.98 Å². The summed E-state index contributed by atoms with van der Waals surface area (Å²) in [6, 6.07) is 14.9. The molecule has 0 aliphatic heterocycles. The summed E-state index contributed by atoms with van der Waals surface area (Å²) >= 11 is 14.8. The summed E-state index contributed by atoms with van der Waals surface area (Å²) < 4.78 is 1.48. The quantitative estimate of drug-likeness (QED) is 0.339. The molecule has 1 amide bonds. The molecule has 158 valence electrons. The van der Waals surface area contributed by atoms with Gasteiger partial charge in [-0.2, -0.15) is 0 Å². The minimum absolute atomic E-state index is 0.0440. The Hall–Kier alpha value is -2.45. The third-order valence-corrected chi connectivity index (χ3v) is 6.98. The van der Waals surface area contributed by atoms with Crippen LogP contribution in [-0.2, 0) is 17.9 Å². The molecule has 31 heavy (non-hydrogen) atoms. The first-order valence-electron chi connectivity index (χ1n) is 9.32. The fourth-order valence-electron chi connectivity index (χ4n) is 3.05. The Morgan fingerprint density at radius 2 is 1.87 bits per heavy atom. The number of anilines is 1. The molecule has 2 aromatic heterocycles. The van der Waals surface area contributed by atoms with E-state index in [0.717, 1.165) is 28.2 Å². The Morgan fingerprint density at radius 3 is 2.55 bits per heavy atom. The fraction of sp³-hybridized carbons (Fsp3) is 0.136. The van der Waals surface area contributed by atoms with E-state index >= 15 is 0 Å². The van der Waals surface area contributed by atoms with Crippen LogP contribution in [0.5, 0.6) is 0 Å². The zero-order valence-corrected chi connectivity index (χ0v) is 19.6. The van der Waals surface area contributed by atoms with E-state index in [1.54, 1.807) is 28.5 Å². The van der Waals surface area contributed by atoms with E-state index in [-0.39, 0.29) is 17.3 Å². The molecule has 4 rings (SSSR count). The first kappa shape index (κ1) is 21.8. The molecule has 0 unspecified atom stereocenters. The van der Waals surface area contributed by atoms with Gasteiger partial charge in [-0.15, -0.1) is 11.3 Å². The van der Waals surface area contributed by atoms with Crippen molar-refractivity contribution in [2.45, 2.75) is 20.0 Å². The van der Waals surface area contributed by atoms with Gasteiger partial charge < -0.3 is 0 Å². The first-order valence-corrected chi connectivity index (χ1v) is 11.8. The van der Waals surface area contributed by atoms with Gasteiger partial charge in [-0.25, -0.2) is 4.98 Å². The molecule has 0 atom stereocenters. The molecule has 2 heterocycles. The van der Waals surface area contributed by atoms with Gasteiger partial charge in [0.15, 0.2) is 5.13 Å². The number of halogens is 2. The molecule has 0 saturated heterocycles. The number of aromatic nitrogens is 2. The molecule has 0 radical (unpaired) electrons. The number of hydrogen-bond acceptors (Lipinski definition) is 5. The van der Waals surface area contributed by atoms with Crippen molar-refractivity contribution in [1.29, 1.82) is 0 Å². The summed E-state index contributed by atoms with van der Waals surface area (Å²) in [7, 11) is 0. The Kier molecular flexibility index (Phi) is 6.57. The average molecular weight is 490 g/mol. The molecule has 0 aliphatic carbocycles. The van der Waals surface area contributed by atoms with Crippen LogP contribution in [0.15, 0.2) is 64.1 Å². The molecule has 5 nitrogen and oxygen atoms in total. The number of nitrogens with zero attached hydrogens (tertiary/aromatic N) is 3. The number of carbonyl (C=O) groups is 1. The Bertz CT molecular complexity index is 1280. The minimum atomic E-state index is -0.212. The second-order valence-corrected chi connectivity index (χ2v) is 9.33. The topological polar surface area (TPSA) is 55.2 Å². The highest BCUT2D eigenvalue weighted by atomic mass is 35.5. The van der Waals surface area contributed by atoms with Gasteiger partial charge in [0, 0.05) is 27.0 Å². The van der Waals surface area contributed by atoms with Crippen LogP contribution >= 0.6 is 45.9 Å². The number of benzene rings is 2. The summed E-state index contributed by atoms with van der Waals surface area (Å²) in [4.78, 5) is 31.5. The van der Waals surface area contributed by atoms with Crippen molar-refractivity contribution < 1.29 is 4.79 Å². The lowest BCUT2D eigenvalue weighted by molar-refractivity contribution is -0.119. The molecule has 0 bridgehead atoms. The maximum absolute atomic E-state index is 13.3. The Morgan fingerprint density at radius 1 is 1.10 bits per heavy atom. The molecule has 0 saturated carbocycles. The molecule has 0 N–H and O–H groups in total. The van der Waals surface area contributed by atoms with Crippen LogP contribution in [0.3, 0.4) is 0 Å². The summed E-state index contributed by atoms with van der Waals surface area (Å²) in [5.74, 6) is -0.212. The first-order chi connectivity index (χ1) is 14.9. The van der Waals surface area contributed by atoms with E-state index < -0.39 is 0 Å². The summed E-state index contributed by atoms with van der Waals surface area (Å²) in [6.45, 7) is 2.12. The zero-order valence-electron chi connectivity index (χ0n) is 16.4. The fourth-order valence-corrected chi connectivity index (χ4v) is 5.14. The normalized spacial score (nSPS) is 10.9. The van der Waals surface area contributed by atoms with Gasteiger partial charge in [-0.3, -0.25) is 19.1 Å². The molecule has 2 aromatic carbocycles. The van der Waals surface area contributed by atoms with Gasteiger partial charge in [-0.05, 0) is 30.7 Å². The molecule has 0 spiro atoms. The van der Waals surface area contributed by atoms with E-state index in [1.165, 1.54) is 15.9 Å². The highest BCUT2D eigenvalue weighted by Gasteiger charge is 2.22. The molecule has 4 aromatic rings. The van der Waals surface area contributed by atoms with Crippen LogP contribution in [0, 0.1) is 6.92 Å². The number of thiazole rings is 2. The van der Waals surface area contributed by atoms with E-state index in [0.29, 0.717) is 27.4 Å². The van der Waals surface area contributed by atoms with Gasteiger partial charge in [0.2, 0.25) is 5.91 Å². The number of amides is 1. The maximum atomic E-state index is 13.3.